The lowest BCUT2D eigenvalue weighted by Gasteiger charge is -2.35. The highest BCUT2D eigenvalue weighted by Gasteiger charge is 2.33. The summed E-state index contributed by atoms with van der Waals surface area (Å²) < 4.78 is 6.48. The minimum Gasteiger partial charge on any atom is -0.378 e. The van der Waals surface area contributed by atoms with Gasteiger partial charge in [-0.3, -0.25) is 9.59 Å². The van der Waals surface area contributed by atoms with E-state index in [-0.39, 0.29) is 17.7 Å². The van der Waals surface area contributed by atoms with E-state index < -0.39 is 5.41 Å². The SMILES string of the molecule is CC(C)(C)C(=O)N1CCCC(C(=O)Nc2ccc3nc(N4CCOCC4)sc3c2)C1. The van der Waals surface area contributed by atoms with Crippen LogP contribution in [0.2, 0.25) is 0 Å². The van der Waals surface area contributed by atoms with Gasteiger partial charge in [0, 0.05) is 37.3 Å². The molecule has 2 aromatic rings. The molecule has 0 bridgehead atoms. The lowest BCUT2D eigenvalue weighted by molar-refractivity contribution is -0.142. The van der Waals surface area contributed by atoms with Crippen molar-refractivity contribution in [2.24, 2.45) is 11.3 Å². The Balaban J connectivity index is 1.43. The van der Waals surface area contributed by atoms with Gasteiger partial charge in [0.2, 0.25) is 11.8 Å². The van der Waals surface area contributed by atoms with Gasteiger partial charge in [-0.1, -0.05) is 32.1 Å². The van der Waals surface area contributed by atoms with E-state index in [4.69, 9.17) is 9.72 Å². The van der Waals surface area contributed by atoms with Crippen molar-refractivity contribution in [2.75, 3.05) is 49.6 Å². The van der Waals surface area contributed by atoms with Gasteiger partial charge in [-0.15, -0.1) is 0 Å². The molecule has 2 fully saturated rings. The zero-order chi connectivity index (χ0) is 21.3. The summed E-state index contributed by atoms with van der Waals surface area (Å²) >= 11 is 1.64. The number of hydrogen-bond acceptors (Lipinski definition) is 6. The number of morpholine rings is 1. The Labute approximate surface area is 181 Å². The number of likely N-dealkylation sites (tertiary alicyclic amines) is 1. The van der Waals surface area contributed by atoms with Gasteiger partial charge >= 0.3 is 0 Å². The first-order valence-corrected chi connectivity index (χ1v) is 11.5. The van der Waals surface area contributed by atoms with Crippen LogP contribution in [0.5, 0.6) is 0 Å². The summed E-state index contributed by atoms with van der Waals surface area (Å²) in [5.41, 5.74) is 1.30. The highest BCUT2D eigenvalue weighted by atomic mass is 32.1. The van der Waals surface area contributed by atoms with Crippen LogP contribution in [-0.2, 0) is 14.3 Å². The third-order valence-corrected chi connectivity index (χ3v) is 6.73. The van der Waals surface area contributed by atoms with Crippen molar-refractivity contribution in [3.05, 3.63) is 18.2 Å². The Kier molecular flexibility index (Phi) is 5.97. The predicted octanol–water partition coefficient (Wildman–Crippen LogP) is 3.36. The van der Waals surface area contributed by atoms with Crippen LogP contribution in [0.3, 0.4) is 0 Å². The number of piperidine rings is 1. The molecule has 7 nitrogen and oxygen atoms in total. The topological polar surface area (TPSA) is 74.8 Å². The van der Waals surface area contributed by atoms with Crippen LogP contribution in [0.1, 0.15) is 33.6 Å². The molecule has 0 aliphatic carbocycles. The van der Waals surface area contributed by atoms with Gasteiger partial charge in [0.25, 0.3) is 0 Å². The van der Waals surface area contributed by atoms with Crippen LogP contribution in [0.25, 0.3) is 10.2 Å². The monoisotopic (exact) mass is 430 g/mol. The van der Waals surface area contributed by atoms with Gasteiger partial charge in [-0.25, -0.2) is 4.98 Å². The van der Waals surface area contributed by atoms with E-state index >= 15 is 0 Å². The van der Waals surface area contributed by atoms with Crippen LogP contribution in [0, 0.1) is 11.3 Å². The molecule has 2 aliphatic rings. The molecular weight excluding hydrogens is 400 g/mol. The van der Waals surface area contributed by atoms with Crippen molar-refractivity contribution < 1.29 is 14.3 Å². The quantitative estimate of drug-likeness (QED) is 0.808. The summed E-state index contributed by atoms with van der Waals surface area (Å²) in [5.74, 6) is -0.0773. The molecule has 0 saturated carbocycles. The highest BCUT2D eigenvalue weighted by molar-refractivity contribution is 7.22. The largest absolute Gasteiger partial charge is 0.378 e. The number of thiazole rings is 1. The van der Waals surface area contributed by atoms with Crippen molar-refractivity contribution >= 4 is 44.2 Å². The molecule has 2 saturated heterocycles. The molecule has 4 rings (SSSR count). The number of fused-ring (bicyclic) bond motifs is 1. The van der Waals surface area contributed by atoms with Crippen molar-refractivity contribution in [3.63, 3.8) is 0 Å². The molecule has 1 atom stereocenters. The molecule has 1 aromatic heterocycles. The number of hydrogen-bond donors (Lipinski definition) is 1. The molecule has 30 heavy (non-hydrogen) atoms. The average molecular weight is 431 g/mol. The molecule has 1 aromatic carbocycles. The Morgan fingerprint density at radius 2 is 1.97 bits per heavy atom. The summed E-state index contributed by atoms with van der Waals surface area (Å²) in [6, 6.07) is 5.86. The van der Waals surface area contributed by atoms with Gasteiger partial charge in [-0.05, 0) is 31.0 Å². The number of anilines is 2. The lowest BCUT2D eigenvalue weighted by Crippen LogP contribution is -2.47. The second-order valence-electron chi connectivity index (χ2n) is 9.11. The molecule has 2 aliphatic heterocycles. The Bertz CT molecular complexity index is 930. The van der Waals surface area contributed by atoms with E-state index in [1.165, 1.54) is 0 Å². The van der Waals surface area contributed by atoms with Gasteiger partial charge in [0.1, 0.15) is 0 Å². The average Bonchev–Trinajstić information content (AvgIpc) is 3.17. The summed E-state index contributed by atoms with van der Waals surface area (Å²) in [7, 11) is 0. The number of aromatic nitrogens is 1. The fraction of sp³-hybridized carbons (Fsp3) is 0.591. The summed E-state index contributed by atoms with van der Waals surface area (Å²) in [4.78, 5) is 34.3. The fourth-order valence-electron chi connectivity index (χ4n) is 3.97. The van der Waals surface area contributed by atoms with Crippen LogP contribution in [-0.4, -0.2) is 61.1 Å². The summed E-state index contributed by atoms with van der Waals surface area (Å²) in [6.07, 6.45) is 1.67. The zero-order valence-corrected chi connectivity index (χ0v) is 18.8. The minimum absolute atomic E-state index is 0.0151. The predicted molar refractivity (Wildman–Crippen MR) is 120 cm³/mol. The number of benzene rings is 1. The van der Waals surface area contributed by atoms with E-state index in [1.54, 1.807) is 11.3 Å². The van der Waals surface area contributed by atoms with Gasteiger partial charge in [0.15, 0.2) is 5.13 Å². The molecule has 8 heteroatoms. The first-order chi connectivity index (χ1) is 14.3. The lowest BCUT2D eigenvalue weighted by atomic mass is 9.91. The van der Waals surface area contributed by atoms with Crippen molar-refractivity contribution in [1.82, 2.24) is 9.88 Å². The number of nitrogens with zero attached hydrogens (tertiary/aromatic N) is 3. The van der Waals surface area contributed by atoms with E-state index in [0.717, 1.165) is 66.7 Å². The molecule has 0 radical (unpaired) electrons. The standard InChI is InChI=1S/C22H30N4O3S/c1-22(2,3)20(28)26-8-4-5-15(14-26)19(27)23-16-6-7-17-18(13-16)30-21(24-17)25-9-11-29-12-10-25/h6-7,13,15H,4-5,8-12,14H2,1-3H3,(H,23,27). The normalized spacial score (nSPS) is 20.4. The van der Waals surface area contributed by atoms with E-state index in [9.17, 15) is 9.59 Å². The second-order valence-corrected chi connectivity index (χ2v) is 10.1. The molecule has 0 spiro atoms. The van der Waals surface area contributed by atoms with Crippen LogP contribution < -0.4 is 10.2 Å². The Morgan fingerprint density at radius 1 is 1.20 bits per heavy atom. The van der Waals surface area contributed by atoms with Crippen LogP contribution >= 0.6 is 11.3 Å². The maximum absolute atomic E-state index is 12.9. The Morgan fingerprint density at radius 3 is 2.70 bits per heavy atom. The maximum atomic E-state index is 12.9. The van der Waals surface area contributed by atoms with Crippen LogP contribution in [0.15, 0.2) is 18.2 Å². The number of rotatable bonds is 3. The van der Waals surface area contributed by atoms with Gasteiger partial charge < -0.3 is 19.9 Å². The molecular formula is C22H30N4O3S. The first kappa shape index (κ1) is 21.1. The van der Waals surface area contributed by atoms with E-state index in [2.05, 4.69) is 10.2 Å². The molecule has 1 N–H and O–H groups in total. The number of carbonyl (C=O) groups is 2. The minimum atomic E-state index is -0.423. The number of ether oxygens (including phenoxy) is 1. The Hall–Kier alpha value is -2.19. The summed E-state index contributed by atoms with van der Waals surface area (Å²) in [6.45, 7) is 10.2. The number of nitrogens with one attached hydrogen (secondary N) is 1. The molecule has 3 heterocycles. The van der Waals surface area contributed by atoms with Crippen molar-refractivity contribution in [3.8, 4) is 0 Å². The zero-order valence-electron chi connectivity index (χ0n) is 17.9. The maximum Gasteiger partial charge on any atom is 0.229 e. The van der Waals surface area contributed by atoms with E-state index in [0.29, 0.717) is 6.54 Å². The summed E-state index contributed by atoms with van der Waals surface area (Å²) in [5, 5.41) is 4.06. The third-order valence-electron chi connectivity index (χ3n) is 5.65. The number of carbonyl (C=O) groups excluding carboxylic acids is 2. The van der Waals surface area contributed by atoms with Crippen LogP contribution in [0.4, 0.5) is 10.8 Å². The van der Waals surface area contributed by atoms with E-state index in [1.807, 2.05) is 43.9 Å². The molecule has 1 unspecified atom stereocenters. The second kappa shape index (κ2) is 8.51. The highest BCUT2D eigenvalue weighted by Crippen LogP contribution is 2.31. The van der Waals surface area contributed by atoms with Crippen molar-refractivity contribution in [1.29, 1.82) is 0 Å². The smallest absolute Gasteiger partial charge is 0.229 e. The van der Waals surface area contributed by atoms with Gasteiger partial charge in [0.05, 0.1) is 29.3 Å². The van der Waals surface area contributed by atoms with Crippen molar-refractivity contribution in [2.45, 2.75) is 33.6 Å². The van der Waals surface area contributed by atoms with Gasteiger partial charge in [-0.2, -0.15) is 0 Å². The fourth-order valence-corrected chi connectivity index (χ4v) is 5.03. The molecule has 2 amide bonds. The number of amides is 2. The third kappa shape index (κ3) is 4.59. The first-order valence-electron chi connectivity index (χ1n) is 10.6. The molecule has 162 valence electrons.